The highest BCUT2D eigenvalue weighted by Gasteiger charge is 2.24. The highest BCUT2D eigenvalue weighted by atomic mass is 35.5. The number of hydrogen-bond acceptors (Lipinski definition) is 10. The molecule has 13 heteroatoms. The van der Waals surface area contributed by atoms with Gasteiger partial charge in [-0.05, 0) is 50.2 Å². The lowest BCUT2D eigenvalue weighted by Crippen LogP contribution is -2.29. The fourth-order valence-corrected chi connectivity index (χ4v) is 4.05. The van der Waals surface area contributed by atoms with Crippen molar-refractivity contribution in [2.24, 2.45) is 0 Å². The summed E-state index contributed by atoms with van der Waals surface area (Å²) in [5.41, 5.74) is 1.50. The molecule has 1 aromatic carbocycles. The van der Waals surface area contributed by atoms with Crippen LogP contribution in [-0.4, -0.2) is 59.3 Å². The molecule has 3 rings (SSSR count). The van der Waals surface area contributed by atoms with E-state index in [-0.39, 0.29) is 46.6 Å². The van der Waals surface area contributed by atoms with Gasteiger partial charge in [0, 0.05) is 24.1 Å². The van der Waals surface area contributed by atoms with E-state index < -0.39 is 15.1 Å². The number of amides is 1. The Hall–Kier alpha value is -3.32. The number of aromatic nitrogens is 3. The van der Waals surface area contributed by atoms with Crippen LogP contribution in [0.25, 0.3) is 0 Å². The van der Waals surface area contributed by atoms with E-state index >= 15 is 0 Å². The standard InChI is InChI=1S/C22H26ClN7O4S/c1-14(2)35(33,34)21-18(4-3-9-25-21)29-20-17(23)12-26-22(30-20)28-16-7-5-15(6-8-16)27-19(32)13-24-10-11-31/h3-9,12,14,24,31H,10-11,13H2,1-2H3,(H,27,32)(H2,26,28,29,30). The molecule has 0 unspecified atom stereocenters. The SMILES string of the molecule is CC(C)S(=O)(=O)c1ncccc1Nc1nc(Nc2ccc(NC(=O)CNCCO)cc2)ncc1Cl. The van der Waals surface area contributed by atoms with E-state index in [1.165, 1.54) is 12.4 Å². The number of aliphatic hydroxyl groups is 1. The first kappa shape index (κ1) is 26.3. The number of rotatable bonds is 11. The predicted molar refractivity (Wildman–Crippen MR) is 135 cm³/mol. The van der Waals surface area contributed by atoms with Crippen molar-refractivity contribution < 1.29 is 18.3 Å². The summed E-state index contributed by atoms with van der Waals surface area (Å²) in [6.07, 6.45) is 2.80. The molecular weight excluding hydrogens is 494 g/mol. The molecule has 2 aromatic heterocycles. The number of carbonyl (C=O) groups is 1. The summed E-state index contributed by atoms with van der Waals surface area (Å²) in [6, 6.07) is 10.1. The molecule has 0 bridgehead atoms. The first-order valence-corrected chi connectivity index (χ1v) is 12.6. The lowest BCUT2D eigenvalue weighted by Gasteiger charge is -2.14. The molecule has 3 aromatic rings. The number of anilines is 5. The van der Waals surface area contributed by atoms with Gasteiger partial charge in [0.25, 0.3) is 0 Å². The second kappa shape index (κ2) is 11.9. The smallest absolute Gasteiger partial charge is 0.238 e. The number of aliphatic hydroxyl groups excluding tert-OH is 1. The van der Waals surface area contributed by atoms with Crippen LogP contribution in [0.3, 0.4) is 0 Å². The molecule has 0 aliphatic rings. The van der Waals surface area contributed by atoms with E-state index in [4.69, 9.17) is 16.7 Å². The first-order chi connectivity index (χ1) is 16.7. The van der Waals surface area contributed by atoms with E-state index in [0.29, 0.717) is 17.9 Å². The lowest BCUT2D eigenvalue weighted by atomic mass is 10.3. The number of sulfone groups is 1. The number of hydrogen-bond donors (Lipinski definition) is 5. The molecule has 0 aliphatic heterocycles. The molecule has 1 amide bonds. The monoisotopic (exact) mass is 519 g/mol. The molecule has 2 heterocycles. The Morgan fingerprint density at radius 1 is 1.09 bits per heavy atom. The maximum atomic E-state index is 12.7. The van der Waals surface area contributed by atoms with Crippen molar-refractivity contribution in [1.29, 1.82) is 0 Å². The molecule has 0 aliphatic carbocycles. The van der Waals surface area contributed by atoms with E-state index in [9.17, 15) is 13.2 Å². The summed E-state index contributed by atoms with van der Waals surface area (Å²) >= 11 is 6.25. The molecule has 0 atom stereocenters. The highest BCUT2D eigenvalue weighted by Crippen LogP contribution is 2.29. The predicted octanol–water partition coefficient (Wildman–Crippen LogP) is 2.71. The summed E-state index contributed by atoms with van der Waals surface area (Å²) < 4.78 is 25.4. The molecule has 35 heavy (non-hydrogen) atoms. The van der Waals surface area contributed by atoms with Gasteiger partial charge in [-0.2, -0.15) is 4.98 Å². The molecule has 11 nitrogen and oxygen atoms in total. The average Bonchev–Trinajstić information content (AvgIpc) is 2.83. The average molecular weight is 520 g/mol. The molecule has 0 radical (unpaired) electrons. The van der Waals surface area contributed by atoms with E-state index in [1.807, 2.05) is 0 Å². The van der Waals surface area contributed by atoms with Crippen LogP contribution in [-0.2, 0) is 14.6 Å². The second-order valence-electron chi connectivity index (χ2n) is 7.62. The van der Waals surface area contributed by atoms with Gasteiger partial charge in [-0.25, -0.2) is 18.4 Å². The zero-order valence-electron chi connectivity index (χ0n) is 19.1. The quantitative estimate of drug-likeness (QED) is 0.238. The van der Waals surface area contributed by atoms with Crippen LogP contribution in [0.4, 0.5) is 28.8 Å². The van der Waals surface area contributed by atoms with Crippen molar-refractivity contribution >= 4 is 56.2 Å². The van der Waals surface area contributed by atoms with Crippen LogP contribution in [0.15, 0.2) is 53.8 Å². The maximum absolute atomic E-state index is 12.7. The van der Waals surface area contributed by atoms with Gasteiger partial charge in [-0.3, -0.25) is 4.79 Å². The third-order valence-corrected chi connectivity index (χ3v) is 7.04. The van der Waals surface area contributed by atoms with Gasteiger partial charge in [0.15, 0.2) is 20.7 Å². The summed E-state index contributed by atoms with van der Waals surface area (Å²) in [5, 5.41) is 19.7. The number of carbonyl (C=O) groups excluding carboxylic acids is 1. The van der Waals surface area contributed by atoms with Gasteiger partial charge >= 0.3 is 0 Å². The minimum Gasteiger partial charge on any atom is -0.395 e. The van der Waals surface area contributed by atoms with Crippen LogP contribution in [0.5, 0.6) is 0 Å². The molecule has 0 saturated carbocycles. The van der Waals surface area contributed by atoms with Crippen LogP contribution in [0.2, 0.25) is 5.02 Å². The molecule has 5 N–H and O–H groups in total. The molecule has 186 valence electrons. The summed E-state index contributed by atoms with van der Waals surface area (Å²) in [5.74, 6) is 0.195. The van der Waals surface area contributed by atoms with Crippen LogP contribution in [0.1, 0.15) is 13.8 Å². The van der Waals surface area contributed by atoms with Crippen molar-refractivity contribution in [1.82, 2.24) is 20.3 Å². The Bertz CT molecular complexity index is 1270. The molecule has 0 fully saturated rings. The lowest BCUT2D eigenvalue weighted by molar-refractivity contribution is -0.115. The number of nitrogens with zero attached hydrogens (tertiary/aromatic N) is 3. The minimum atomic E-state index is -3.64. The number of pyridine rings is 1. The van der Waals surface area contributed by atoms with Crippen LogP contribution < -0.4 is 21.3 Å². The topological polar surface area (TPSA) is 158 Å². The van der Waals surface area contributed by atoms with Gasteiger partial charge in [-0.1, -0.05) is 11.6 Å². The highest BCUT2D eigenvalue weighted by molar-refractivity contribution is 7.92. The third-order valence-electron chi connectivity index (χ3n) is 4.66. The minimum absolute atomic E-state index is 0.0436. The first-order valence-electron chi connectivity index (χ1n) is 10.7. The second-order valence-corrected chi connectivity index (χ2v) is 10.4. The summed E-state index contributed by atoms with van der Waals surface area (Å²) in [4.78, 5) is 24.4. The summed E-state index contributed by atoms with van der Waals surface area (Å²) in [7, 11) is -3.64. The molecule has 0 spiro atoms. The third kappa shape index (κ3) is 7.09. The van der Waals surface area contributed by atoms with E-state index in [1.54, 1.807) is 50.2 Å². The van der Waals surface area contributed by atoms with Crippen molar-refractivity contribution in [3.8, 4) is 0 Å². The zero-order valence-corrected chi connectivity index (χ0v) is 20.7. The normalized spacial score (nSPS) is 11.3. The largest absolute Gasteiger partial charge is 0.395 e. The van der Waals surface area contributed by atoms with Gasteiger partial charge < -0.3 is 26.4 Å². The summed E-state index contributed by atoms with van der Waals surface area (Å²) in [6.45, 7) is 3.55. The fraction of sp³-hybridized carbons (Fsp3) is 0.273. The fourth-order valence-electron chi connectivity index (χ4n) is 2.83. The van der Waals surface area contributed by atoms with Crippen molar-refractivity contribution in [2.45, 2.75) is 24.1 Å². The Morgan fingerprint density at radius 2 is 1.80 bits per heavy atom. The van der Waals surface area contributed by atoms with E-state index in [2.05, 4.69) is 36.2 Å². The van der Waals surface area contributed by atoms with Crippen LogP contribution in [0, 0.1) is 0 Å². The number of nitrogens with one attached hydrogen (secondary N) is 4. The van der Waals surface area contributed by atoms with Gasteiger partial charge in [0.05, 0.1) is 30.3 Å². The maximum Gasteiger partial charge on any atom is 0.238 e. The Balaban J connectivity index is 1.73. The molecular formula is C22H26ClN7O4S. The van der Waals surface area contributed by atoms with E-state index in [0.717, 1.165) is 0 Å². The number of benzene rings is 1. The van der Waals surface area contributed by atoms with Crippen LogP contribution >= 0.6 is 11.6 Å². The zero-order chi connectivity index (χ0) is 25.4. The van der Waals surface area contributed by atoms with Gasteiger partial charge in [-0.15, -0.1) is 0 Å². The Morgan fingerprint density at radius 3 is 2.49 bits per heavy atom. The number of halogens is 1. The molecule has 0 saturated heterocycles. The van der Waals surface area contributed by atoms with Crippen molar-refractivity contribution in [3.63, 3.8) is 0 Å². The van der Waals surface area contributed by atoms with Gasteiger partial charge in [0.2, 0.25) is 11.9 Å². The van der Waals surface area contributed by atoms with Crippen molar-refractivity contribution in [2.75, 3.05) is 35.6 Å². The Kier molecular flexibility index (Phi) is 8.93. The van der Waals surface area contributed by atoms with Gasteiger partial charge in [0.1, 0.15) is 5.02 Å². The Labute approximate surface area is 208 Å². The van der Waals surface area contributed by atoms with Crippen molar-refractivity contribution in [3.05, 3.63) is 53.8 Å².